The van der Waals surface area contributed by atoms with Crippen molar-refractivity contribution in [2.24, 2.45) is 16.5 Å². The molecule has 36 heavy (non-hydrogen) atoms. The normalized spacial score (nSPS) is 11.8. The zero-order chi connectivity index (χ0) is 26.9. The first-order chi connectivity index (χ1) is 17.0. The Bertz CT molecular complexity index is 1290. The molecule has 6 N–H and O–H groups in total. The molecule has 0 aliphatic rings. The molecule has 13 nitrogen and oxygen atoms in total. The summed E-state index contributed by atoms with van der Waals surface area (Å²) in [5.41, 5.74) is 9.89. The van der Waals surface area contributed by atoms with Crippen LogP contribution in [-0.2, 0) is 26.2 Å². The van der Waals surface area contributed by atoms with Gasteiger partial charge in [-0.15, -0.1) is 0 Å². The van der Waals surface area contributed by atoms with Crippen molar-refractivity contribution < 1.29 is 27.5 Å². The fourth-order valence-corrected chi connectivity index (χ4v) is 4.47. The van der Waals surface area contributed by atoms with Crippen molar-refractivity contribution in [1.29, 1.82) is 0 Å². The average molecular weight is 523 g/mol. The summed E-state index contributed by atoms with van der Waals surface area (Å²) >= 11 is 0. The summed E-state index contributed by atoms with van der Waals surface area (Å²) in [7, 11) is -1.56. The van der Waals surface area contributed by atoms with E-state index in [0.717, 1.165) is 4.57 Å². The lowest BCUT2D eigenvalue weighted by Crippen LogP contribution is -2.40. The summed E-state index contributed by atoms with van der Waals surface area (Å²) in [6, 6.07) is 6.20. The zero-order valence-electron chi connectivity index (χ0n) is 20.2. The van der Waals surface area contributed by atoms with Gasteiger partial charge >= 0.3 is 0 Å². The molecule has 14 heteroatoms. The van der Waals surface area contributed by atoms with Gasteiger partial charge in [-0.05, 0) is 44.0 Å². The maximum absolute atomic E-state index is 13.0. The summed E-state index contributed by atoms with van der Waals surface area (Å²) < 4.78 is 39.6. The van der Waals surface area contributed by atoms with Crippen molar-refractivity contribution in [3.05, 3.63) is 46.4 Å². The minimum atomic E-state index is -4.25. The van der Waals surface area contributed by atoms with Gasteiger partial charge in [0.05, 0.1) is 20.3 Å². The Labute approximate surface area is 208 Å². The molecule has 0 spiro atoms. The van der Waals surface area contributed by atoms with Crippen LogP contribution < -0.4 is 36.5 Å². The minimum Gasteiger partial charge on any atom is -0.497 e. The van der Waals surface area contributed by atoms with Crippen LogP contribution in [0.1, 0.15) is 18.5 Å². The number of aldehydes is 1. The van der Waals surface area contributed by atoms with Gasteiger partial charge in [0.1, 0.15) is 34.9 Å². The minimum absolute atomic E-state index is 0.0508. The summed E-state index contributed by atoms with van der Waals surface area (Å²) in [5.74, 6) is -0.349. The highest BCUT2D eigenvalue weighted by Gasteiger charge is 2.23. The Balaban J connectivity index is 2.22. The van der Waals surface area contributed by atoms with Crippen molar-refractivity contribution in [3.8, 4) is 11.5 Å². The lowest BCUT2D eigenvalue weighted by molar-refractivity contribution is -0.124. The number of anilines is 1. The molecule has 1 aromatic heterocycles. The number of amides is 1. The highest BCUT2D eigenvalue weighted by Crippen LogP contribution is 2.29. The Morgan fingerprint density at radius 2 is 1.92 bits per heavy atom. The van der Waals surface area contributed by atoms with Gasteiger partial charge in [-0.25, -0.2) is 8.42 Å². The van der Waals surface area contributed by atoms with Gasteiger partial charge < -0.3 is 35.6 Å². The van der Waals surface area contributed by atoms with Crippen LogP contribution in [-0.4, -0.2) is 57.9 Å². The van der Waals surface area contributed by atoms with Gasteiger partial charge in [-0.2, -0.15) is 0 Å². The number of benzene rings is 1. The van der Waals surface area contributed by atoms with Gasteiger partial charge in [-0.3, -0.25) is 19.3 Å². The van der Waals surface area contributed by atoms with Crippen LogP contribution in [0.5, 0.6) is 11.5 Å². The fraction of sp³-hybridized carbons (Fsp3) is 0.364. The van der Waals surface area contributed by atoms with Crippen molar-refractivity contribution >= 4 is 33.9 Å². The van der Waals surface area contributed by atoms with Gasteiger partial charge in [0.2, 0.25) is 5.91 Å². The fourth-order valence-electron chi connectivity index (χ4n) is 3.23. The van der Waals surface area contributed by atoms with Crippen LogP contribution in [0.4, 0.5) is 5.69 Å². The third-order valence-corrected chi connectivity index (χ3v) is 6.46. The number of carbonyl (C=O) groups is 2. The monoisotopic (exact) mass is 522 g/mol. The van der Waals surface area contributed by atoms with Crippen molar-refractivity contribution in [2.75, 3.05) is 25.5 Å². The second-order valence-electron chi connectivity index (χ2n) is 7.66. The number of aliphatic imine (C=N–C) groups is 1. The number of rotatable bonds is 13. The van der Waals surface area contributed by atoms with Crippen LogP contribution in [0.3, 0.4) is 0 Å². The molecule has 1 unspecified atom stereocenters. The second kappa shape index (κ2) is 12.6. The number of aryl methyl sites for hydroxylation is 1. The summed E-state index contributed by atoms with van der Waals surface area (Å²) in [4.78, 5) is 40.5. The summed E-state index contributed by atoms with van der Waals surface area (Å²) in [5, 5.41) is 2.53. The maximum atomic E-state index is 13.0. The molecule has 0 bridgehead atoms. The highest BCUT2D eigenvalue weighted by atomic mass is 32.2. The molecule has 1 amide bonds. The number of nitrogens with one attached hydrogen (secondary N) is 2. The SMILES string of the molecule is COc1ccc(OC)c(S(=O)(=O)Nc2ccc(C)n(CC(=O)NC(C=O)CCCN=C(N)N)c2=O)c1. The van der Waals surface area contributed by atoms with Crippen LogP contribution in [0.25, 0.3) is 0 Å². The number of nitrogens with two attached hydrogens (primary N) is 2. The molecule has 2 aromatic rings. The molecule has 1 heterocycles. The first-order valence-corrected chi connectivity index (χ1v) is 12.3. The van der Waals surface area contributed by atoms with Crippen molar-refractivity contribution in [1.82, 2.24) is 9.88 Å². The Hall–Kier alpha value is -4.07. The van der Waals surface area contributed by atoms with E-state index in [1.807, 2.05) is 0 Å². The molecule has 0 aliphatic heterocycles. The Morgan fingerprint density at radius 3 is 2.53 bits per heavy atom. The van der Waals surface area contributed by atoms with E-state index in [-0.39, 0.29) is 28.0 Å². The third-order valence-electron chi connectivity index (χ3n) is 5.08. The standard InChI is InChI=1S/C22H30N6O7S/c1-14-6-8-17(27-36(32,33)19-11-16(34-2)7-9-18(19)35-3)21(31)28(14)12-20(30)26-15(13-29)5-4-10-25-22(23)24/h6-9,11,13,15,27H,4-5,10,12H2,1-3H3,(H,26,30)(H4,23,24,25). The lowest BCUT2D eigenvalue weighted by atomic mass is 10.2. The average Bonchev–Trinajstić information content (AvgIpc) is 2.84. The molecule has 1 aromatic carbocycles. The van der Waals surface area contributed by atoms with Crippen LogP contribution in [0, 0.1) is 6.92 Å². The van der Waals surface area contributed by atoms with E-state index < -0.39 is 34.1 Å². The van der Waals surface area contributed by atoms with E-state index in [4.69, 9.17) is 20.9 Å². The quantitative estimate of drug-likeness (QED) is 0.118. The summed E-state index contributed by atoms with van der Waals surface area (Å²) in [6.07, 6.45) is 1.32. The van der Waals surface area contributed by atoms with E-state index >= 15 is 0 Å². The third kappa shape index (κ3) is 7.46. The second-order valence-corrected chi connectivity index (χ2v) is 9.31. The number of sulfonamides is 1. The van der Waals surface area contributed by atoms with E-state index in [1.54, 1.807) is 6.92 Å². The number of carbonyl (C=O) groups excluding carboxylic acids is 2. The topological polar surface area (TPSA) is 197 Å². The van der Waals surface area contributed by atoms with E-state index in [0.29, 0.717) is 31.4 Å². The molecule has 0 radical (unpaired) electrons. The number of aromatic nitrogens is 1. The van der Waals surface area contributed by atoms with Gasteiger partial charge in [0.15, 0.2) is 5.96 Å². The number of hydrogen-bond donors (Lipinski definition) is 4. The number of hydrogen-bond acceptors (Lipinski definition) is 8. The van der Waals surface area contributed by atoms with Crippen LogP contribution in [0.15, 0.2) is 45.0 Å². The highest BCUT2D eigenvalue weighted by molar-refractivity contribution is 7.92. The maximum Gasteiger partial charge on any atom is 0.275 e. The van der Waals surface area contributed by atoms with Crippen LogP contribution >= 0.6 is 0 Å². The molecule has 0 saturated carbocycles. The number of guanidine groups is 1. The molecular formula is C22H30N6O7S. The van der Waals surface area contributed by atoms with Gasteiger partial charge in [0.25, 0.3) is 15.6 Å². The van der Waals surface area contributed by atoms with E-state index in [2.05, 4.69) is 15.0 Å². The van der Waals surface area contributed by atoms with Gasteiger partial charge in [0, 0.05) is 18.3 Å². The summed E-state index contributed by atoms with van der Waals surface area (Å²) in [6.45, 7) is 1.45. The predicted molar refractivity (Wildman–Crippen MR) is 134 cm³/mol. The molecule has 0 fully saturated rings. The first kappa shape index (κ1) is 28.2. The Morgan fingerprint density at radius 1 is 1.19 bits per heavy atom. The molecule has 0 saturated heterocycles. The van der Waals surface area contributed by atoms with Crippen molar-refractivity contribution in [3.63, 3.8) is 0 Å². The number of nitrogens with zero attached hydrogens (tertiary/aromatic N) is 2. The molecule has 2 rings (SSSR count). The number of pyridine rings is 1. The van der Waals surface area contributed by atoms with Crippen molar-refractivity contribution in [2.45, 2.75) is 37.2 Å². The number of ether oxygens (including phenoxy) is 2. The van der Waals surface area contributed by atoms with E-state index in [9.17, 15) is 22.8 Å². The molecular weight excluding hydrogens is 492 g/mol. The lowest BCUT2D eigenvalue weighted by Gasteiger charge is -2.16. The molecule has 1 atom stereocenters. The predicted octanol–water partition coefficient (Wildman–Crippen LogP) is -0.288. The number of methoxy groups -OCH3 is 2. The zero-order valence-corrected chi connectivity index (χ0v) is 21.0. The smallest absolute Gasteiger partial charge is 0.275 e. The van der Waals surface area contributed by atoms with Crippen LogP contribution in [0.2, 0.25) is 0 Å². The van der Waals surface area contributed by atoms with E-state index in [1.165, 1.54) is 44.6 Å². The molecule has 0 aliphatic carbocycles. The first-order valence-electron chi connectivity index (χ1n) is 10.8. The Kier molecular flexibility index (Phi) is 9.84. The molecule has 196 valence electrons. The van der Waals surface area contributed by atoms with Gasteiger partial charge in [-0.1, -0.05) is 0 Å². The largest absolute Gasteiger partial charge is 0.497 e.